The van der Waals surface area contributed by atoms with Crippen molar-refractivity contribution in [3.63, 3.8) is 0 Å². The molecular formula is C16H16N4. The molecule has 2 heterocycles. The molecule has 2 N–H and O–H groups in total. The zero-order valence-corrected chi connectivity index (χ0v) is 11.3. The van der Waals surface area contributed by atoms with Crippen LogP contribution in [0.2, 0.25) is 0 Å². The second kappa shape index (κ2) is 5.27. The highest BCUT2D eigenvalue weighted by Gasteiger charge is 2.08. The molecule has 0 unspecified atom stereocenters. The SMILES string of the molecule is Cc1ccc(CN)c(-n2cc(-c3ccccc3)cn2)n1. The summed E-state index contributed by atoms with van der Waals surface area (Å²) in [7, 11) is 0. The van der Waals surface area contributed by atoms with Gasteiger partial charge >= 0.3 is 0 Å². The maximum Gasteiger partial charge on any atom is 0.158 e. The molecule has 0 atom stereocenters. The van der Waals surface area contributed by atoms with E-state index in [1.807, 2.05) is 49.6 Å². The van der Waals surface area contributed by atoms with Gasteiger partial charge in [-0.05, 0) is 18.6 Å². The lowest BCUT2D eigenvalue weighted by molar-refractivity contribution is 0.818. The fourth-order valence-electron chi connectivity index (χ4n) is 2.15. The van der Waals surface area contributed by atoms with Crippen molar-refractivity contribution in [1.29, 1.82) is 0 Å². The Morgan fingerprint density at radius 2 is 1.85 bits per heavy atom. The van der Waals surface area contributed by atoms with Crippen LogP contribution in [0, 0.1) is 6.92 Å². The fraction of sp³-hybridized carbons (Fsp3) is 0.125. The van der Waals surface area contributed by atoms with Gasteiger partial charge in [-0.25, -0.2) is 9.67 Å². The number of hydrogen-bond acceptors (Lipinski definition) is 3. The maximum absolute atomic E-state index is 5.77. The smallest absolute Gasteiger partial charge is 0.158 e. The van der Waals surface area contributed by atoms with Gasteiger partial charge in [-0.15, -0.1) is 0 Å². The van der Waals surface area contributed by atoms with Crippen molar-refractivity contribution in [1.82, 2.24) is 14.8 Å². The number of rotatable bonds is 3. The second-order valence-electron chi connectivity index (χ2n) is 4.68. The number of benzene rings is 1. The lowest BCUT2D eigenvalue weighted by Crippen LogP contribution is -2.08. The van der Waals surface area contributed by atoms with Crippen molar-refractivity contribution >= 4 is 0 Å². The molecule has 0 fully saturated rings. The molecule has 0 aliphatic heterocycles. The summed E-state index contributed by atoms with van der Waals surface area (Å²) in [5.74, 6) is 0.801. The quantitative estimate of drug-likeness (QED) is 0.791. The molecule has 2 aromatic heterocycles. The Kier molecular flexibility index (Phi) is 3.31. The van der Waals surface area contributed by atoms with E-state index >= 15 is 0 Å². The van der Waals surface area contributed by atoms with E-state index in [0.717, 1.165) is 28.2 Å². The Morgan fingerprint density at radius 1 is 1.05 bits per heavy atom. The first kappa shape index (κ1) is 12.6. The number of aromatic nitrogens is 3. The third-order valence-electron chi connectivity index (χ3n) is 3.22. The average molecular weight is 264 g/mol. The molecule has 3 rings (SSSR count). The third-order valence-corrected chi connectivity index (χ3v) is 3.22. The number of pyridine rings is 1. The van der Waals surface area contributed by atoms with Crippen LogP contribution in [0.1, 0.15) is 11.3 Å². The Hall–Kier alpha value is -2.46. The van der Waals surface area contributed by atoms with E-state index < -0.39 is 0 Å². The first-order chi connectivity index (χ1) is 9.78. The van der Waals surface area contributed by atoms with Crippen LogP contribution in [0.15, 0.2) is 54.9 Å². The van der Waals surface area contributed by atoms with E-state index in [4.69, 9.17) is 5.73 Å². The largest absolute Gasteiger partial charge is 0.326 e. The zero-order chi connectivity index (χ0) is 13.9. The van der Waals surface area contributed by atoms with Crippen LogP contribution in [0.5, 0.6) is 0 Å². The molecule has 0 aliphatic carbocycles. The number of nitrogens with two attached hydrogens (primary N) is 1. The van der Waals surface area contributed by atoms with Crippen LogP contribution < -0.4 is 5.73 Å². The zero-order valence-electron chi connectivity index (χ0n) is 11.3. The van der Waals surface area contributed by atoms with Gasteiger partial charge in [-0.1, -0.05) is 36.4 Å². The van der Waals surface area contributed by atoms with Crippen molar-refractivity contribution in [3.05, 3.63) is 66.1 Å². The van der Waals surface area contributed by atoms with E-state index in [0.29, 0.717) is 6.54 Å². The van der Waals surface area contributed by atoms with Gasteiger partial charge < -0.3 is 5.73 Å². The number of nitrogens with zero attached hydrogens (tertiary/aromatic N) is 3. The van der Waals surface area contributed by atoms with Gasteiger partial charge in [0.1, 0.15) is 0 Å². The maximum atomic E-state index is 5.77. The minimum absolute atomic E-state index is 0.448. The van der Waals surface area contributed by atoms with Crippen molar-refractivity contribution in [2.75, 3.05) is 0 Å². The summed E-state index contributed by atoms with van der Waals surface area (Å²) in [6.07, 6.45) is 3.83. The topological polar surface area (TPSA) is 56.7 Å². The Bertz CT molecular complexity index is 716. The summed E-state index contributed by atoms with van der Waals surface area (Å²) in [6, 6.07) is 14.1. The summed E-state index contributed by atoms with van der Waals surface area (Å²) in [5.41, 5.74) is 9.92. The molecule has 1 aromatic carbocycles. The summed E-state index contributed by atoms with van der Waals surface area (Å²) in [5, 5.41) is 4.41. The minimum atomic E-state index is 0.448. The molecule has 0 saturated carbocycles. The first-order valence-electron chi connectivity index (χ1n) is 6.55. The molecule has 0 saturated heterocycles. The lowest BCUT2D eigenvalue weighted by Gasteiger charge is -2.07. The monoisotopic (exact) mass is 264 g/mol. The van der Waals surface area contributed by atoms with Gasteiger partial charge in [0.15, 0.2) is 5.82 Å². The fourth-order valence-corrected chi connectivity index (χ4v) is 2.15. The van der Waals surface area contributed by atoms with Gasteiger partial charge in [0.05, 0.1) is 6.20 Å². The van der Waals surface area contributed by atoms with Crippen LogP contribution in [-0.4, -0.2) is 14.8 Å². The lowest BCUT2D eigenvalue weighted by atomic mass is 10.1. The Morgan fingerprint density at radius 3 is 2.60 bits per heavy atom. The van der Waals surface area contributed by atoms with Crippen molar-refractivity contribution in [3.8, 4) is 16.9 Å². The molecule has 3 aromatic rings. The molecule has 0 aliphatic rings. The number of aryl methyl sites for hydroxylation is 1. The van der Waals surface area contributed by atoms with Crippen molar-refractivity contribution < 1.29 is 0 Å². The molecule has 20 heavy (non-hydrogen) atoms. The molecule has 0 amide bonds. The van der Waals surface area contributed by atoms with E-state index in [1.165, 1.54) is 0 Å². The summed E-state index contributed by atoms with van der Waals surface area (Å²) in [4.78, 5) is 4.54. The Labute approximate surface area is 117 Å². The van der Waals surface area contributed by atoms with E-state index in [1.54, 1.807) is 4.68 Å². The summed E-state index contributed by atoms with van der Waals surface area (Å²) >= 11 is 0. The predicted molar refractivity (Wildman–Crippen MR) is 79.4 cm³/mol. The standard InChI is InChI=1S/C16H16N4/c1-12-7-8-14(9-17)16(19-12)20-11-15(10-18-20)13-5-3-2-4-6-13/h2-8,10-11H,9,17H2,1H3. The van der Waals surface area contributed by atoms with Gasteiger partial charge in [0, 0.05) is 29.6 Å². The molecule has 4 heteroatoms. The van der Waals surface area contributed by atoms with Crippen LogP contribution >= 0.6 is 0 Å². The summed E-state index contributed by atoms with van der Waals surface area (Å²) in [6.45, 7) is 2.41. The van der Waals surface area contributed by atoms with E-state index in [-0.39, 0.29) is 0 Å². The third kappa shape index (κ3) is 2.33. The molecular weight excluding hydrogens is 248 g/mol. The van der Waals surface area contributed by atoms with Gasteiger partial charge in [-0.2, -0.15) is 5.10 Å². The highest BCUT2D eigenvalue weighted by atomic mass is 15.3. The predicted octanol–water partition coefficient (Wildman–Crippen LogP) is 2.70. The second-order valence-corrected chi connectivity index (χ2v) is 4.68. The van der Waals surface area contributed by atoms with Crippen LogP contribution in [0.3, 0.4) is 0 Å². The minimum Gasteiger partial charge on any atom is -0.326 e. The van der Waals surface area contributed by atoms with Crippen molar-refractivity contribution in [2.24, 2.45) is 5.73 Å². The Balaban J connectivity index is 2.04. The van der Waals surface area contributed by atoms with Crippen LogP contribution in [0.4, 0.5) is 0 Å². The molecule has 100 valence electrons. The average Bonchev–Trinajstić information content (AvgIpc) is 2.98. The van der Waals surface area contributed by atoms with Crippen molar-refractivity contribution in [2.45, 2.75) is 13.5 Å². The normalized spacial score (nSPS) is 10.7. The van der Waals surface area contributed by atoms with Crippen LogP contribution in [-0.2, 0) is 6.54 Å². The van der Waals surface area contributed by atoms with Crippen LogP contribution in [0.25, 0.3) is 16.9 Å². The molecule has 0 spiro atoms. The summed E-state index contributed by atoms with van der Waals surface area (Å²) < 4.78 is 1.79. The first-order valence-corrected chi connectivity index (χ1v) is 6.55. The van der Waals surface area contributed by atoms with Gasteiger partial charge in [0.2, 0.25) is 0 Å². The van der Waals surface area contributed by atoms with E-state index in [2.05, 4.69) is 22.2 Å². The van der Waals surface area contributed by atoms with Gasteiger partial charge in [0.25, 0.3) is 0 Å². The highest BCUT2D eigenvalue weighted by Crippen LogP contribution is 2.20. The van der Waals surface area contributed by atoms with Gasteiger partial charge in [-0.3, -0.25) is 0 Å². The number of hydrogen-bond donors (Lipinski definition) is 1. The van der Waals surface area contributed by atoms with E-state index in [9.17, 15) is 0 Å². The highest BCUT2D eigenvalue weighted by molar-refractivity contribution is 5.62. The molecule has 0 radical (unpaired) electrons. The molecule has 0 bridgehead atoms. The molecule has 4 nitrogen and oxygen atoms in total.